The SMILES string of the molecule is COc1ccc2[nH]cc(C3CC(c4ccncc4)=NO3)c2c1. The van der Waals surface area contributed by atoms with Gasteiger partial charge in [-0.25, -0.2) is 0 Å². The standard InChI is InChI=1S/C17H15N3O2/c1-21-12-2-3-15-13(8-12)14(10-19-15)17-9-16(20-22-17)11-4-6-18-7-5-11/h2-8,10,17,19H,9H2,1H3. The number of oxime groups is 1. The Balaban J connectivity index is 1.64. The second-order valence-corrected chi connectivity index (χ2v) is 5.23. The minimum Gasteiger partial charge on any atom is -0.497 e. The smallest absolute Gasteiger partial charge is 0.160 e. The molecule has 0 radical (unpaired) electrons. The molecule has 110 valence electrons. The number of ether oxygens (including phenoxy) is 1. The third kappa shape index (κ3) is 2.11. The zero-order chi connectivity index (χ0) is 14.9. The number of rotatable bonds is 3. The minimum atomic E-state index is -0.0796. The average molecular weight is 293 g/mol. The van der Waals surface area contributed by atoms with Crippen LogP contribution in [0.5, 0.6) is 5.75 Å². The molecule has 1 aliphatic heterocycles. The Morgan fingerprint density at radius 3 is 2.91 bits per heavy atom. The van der Waals surface area contributed by atoms with Crippen LogP contribution in [0.15, 0.2) is 54.1 Å². The third-order valence-electron chi connectivity index (χ3n) is 3.95. The maximum atomic E-state index is 5.65. The number of pyridine rings is 1. The van der Waals surface area contributed by atoms with Crippen molar-refractivity contribution >= 4 is 16.6 Å². The van der Waals surface area contributed by atoms with Gasteiger partial charge in [0, 0.05) is 47.0 Å². The van der Waals surface area contributed by atoms with E-state index in [1.165, 1.54) is 0 Å². The fourth-order valence-corrected chi connectivity index (χ4v) is 2.77. The number of nitrogens with one attached hydrogen (secondary N) is 1. The van der Waals surface area contributed by atoms with Crippen LogP contribution in [0, 0.1) is 0 Å². The van der Waals surface area contributed by atoms with Crippen molar-refractivity contribution in [3.05, 3.63) is 60.0 Å². The predicted molar refractivity (Wildman–Crippen MR) is 84.1 cm³/mol. The van der Waals surface area contributed by atoms with Gasteiger partial charge in [-0.15, -0.1) is 0 Å². The Labute approximate surface area is 127 Å². The van der Waals surface area contributed by atoms with Crippen molar-refractivity contribution in [1.82, 2.24) is 9.97 Å². The van der Waals surface area contributed by atoms with Crippen LogP contribution in [0.3, 0.4) is 0 Å². The summed E-state index contributed by atoms with van der Waals surface area (Å²) < 4.78 is 5.31. The number of fused-ring (bicyclic) bond motifs is 1. The van der Waals surface area contributed by atoms with Crippen molar-refractivity contribution < 1.29 is 9.57 Å². The van der Waals surface area contributed by atoms with Crippen LogP contribution in [-0.2, 0) is 4.84 Å². The highest BCUT2D eigenvalue weighted by Crippen LogP contribution is 2.35. The van der Waals surface area contributed by atoms with E-state index < -0.39 is 0 Å². The summed E-state index contributed by atoms with van der Waals surface area (Å²) >= 11 is 0. The van der Waals surface area contributed by atoms with Gasteiger partial charge < -0.3 is 14.6 Å². The van der Waals surface area contributed by atoms with E-state index in [0.717, 1.165) is 39.9 Å². The molecule has 3 aromatic rings. The van der Waals surface area contributed by atoms with Gasteiger partial charge in [0.1, 0.15) is 5.75 Å². The van der Waals surface area contributed by atoms with E-state index in [-0.39, 0.29) is 6.10 Å². The first-order chi connectivity index (χ1) is 10.8. The lowest BCUT2D eigenvalue weighted by Gasteiger charge is -2.07. The first kappa shape index (κ1) is 12.9. The van der Waals surface area contributed by atoms with Gasteiger partial charge in [0.25, 0.3) is 0 Å². The molecule has 1 N–H and O–H groups in total. The number of hydrogen-bond donors (Lipinski definition) is 1. The average Bonchev–Trinajstić information content (AvgIpc) is 3.21. The molecule has 1 atom stereocenters. The van der Waals surface area contributed by atoms with Gasteiger partial charge in [-0.2, -0.15) is 0 Å². The van der Waals surface area contributed by atoms with Gasteiger partial charge in [0.05, 0.1) is 12.8 Å². The fraction of sp³-hybridized carbons (Fsp3) is 0.176. The minimum absolute atomic E-state index is 0.0796. The first-order valence-electron chi connectivity index (χ1n) is 7.13. The lowest BCUT2D eigenvalue weighted by molar-refractivity contribution is 0.0868. The highest BCUT2D eigenvalue weighted by atomic mass is 16.6. The van der Waals surface area contributed by atoms with Gasteiger partial charge in [-0.05, 0) is 30.3 Å². The molecule has 0 amide bonds. The summed E-state index contributed by atoms with van der Waals surface area (Å²) in [4.78, 5) is 13.0. The van der Waals surface area contributed by atoms with Gasteiger partial charge in [-0.1, -0.05) is 5.16 Å². The van der Waals surface area contributed by atoms with Crippen LogP contribution in [0.1, 0.15) is 23.7 Å². The Bertz CT molecular complexity index is 839. The molecule has 1 aromatic carbocycles. The number of aromatic nitrogens is 2. The Hall–Kier alpha value is -2.82. The summed E-state index contributed by atoms with van der Waals surface area (Å²) in [7, 11) is 1.67. The molecule has 0 saturated carbocycles. The highest BCUT2D eigenvalue weighted by Gasteiger charge is 2.26. The van der Waals surface area contributed by atoms with Gasteiger partial charge in [-0.3, -0.25) is 4.98 Å². The molecule has 2 aromatic heterocycles. The van der Waals surface area contributed by atoms with Crippen molar-refractivity contribution in [3.8, 4) is 5.75 Å². The second-order valence-electron chi connectivity index (χ2n) is 5.23. The summed E-state index contributed by atoms with van der Waals surface area (Å²) in [5.74, 6) is 0.835. The van der Waals surface area contributed by atoms with Crippen molar-refractivity contribution in [2.24, 2.45) is 5.16 Å². The van der Waals surface area contributed by atoms with Crippen LogP contribution < -0.4 is 4.74 Å². The quantitative estimate of drug-likeness (QED) is 0.804. The van der Waals surface area contributed by atoms with Crippen molar-refractivity contribution in [2.45, 2.75) is 12.5 Å². The number of nitrogens with zero attached hydrogens (tertiary/aromatic N) is 2. The molecule has 5 nitrogen and oxygen atoms in total. The maximum absolute atomic E-state index is 5.65. The summed E-state index contributed by atoms with van der Waals surface area (Å²) in [5, 5.41) is 5.34. The molecule has 5 heteroatoms. The maximum Gasteiger partial charge on any atom is 0.160 e. The molecular weight excluding hydrogens is 278 g/mol. The largest absolute Gasteiger partial charge is 0.497 e. The third-order valence-corrected chi connectivity index (χ3v) is 3.95. The molecule has 4 rings (SSSR count). The van der Waals surface area contributed by atoms with Crippen LogP contribution in [-0.4, -0.2) is 22.8 Å². The number of aromatic amines is 1. The van der Waals surface area contributed by atoms with Gasteiger partial charge >= 0.3 is 0 Å². The summed E-state index contributed by atoms with van der Waals surface area (Å²) in [6, 6.07) is 9.87. The monoisotopic (exact) mass is 293 g/mol. The van der Waals surface area contributed by atoms with Crippen molar-refractivity contribution in [2.75, 3.05) is 7.11 Å². The molecule has 0 spiro atoms. The van der Waals surface area contributed by atoms with E-state index in [4.69, 9.17) is 9.57 Å². The zero-order valence-electron chi connectivity index (χ0n) is 12.1. The highest BCUT2D eigenvalue weighted by molar-refractivity contribution is 6.01. The number of hydrogen-bond acceptors (Lipinski definition) is 4. The molecule has 22 heavy (non-hydrogen) atoms. The Morgan fingerprint density at radius 2 is 2.09 bits per heavy atom. The van der Waals surface area contributed by atoms with Crippen molar-refractivity contribution in [3.63, 3.8) is 0 Å². The number of H-pyrrole nitrogens is 1. The fourth-order valence-electron chi connectivity index (χ4n) is 2.77. The summed E-state index contributed by atoms with van der Waals surface area (Å²) in [5.41, 5.74) is 4.16. The second kappa shape index (κ2) is 5.18. The van der Waals surface area contributed by atoms with Crippen LogP contribution in [0.4, 0.5) is 0 Å². The van der Waals surface area contributed by atoms with Gasteiger partial charge in [0.15, 0.2) is 6.10 Å². The number of benzene rings is 1. The van der Waals surface area contributed by atoms with Crippen LogP contribution in [0.2, 0.25) is 0 Å². The van der Waals surface area contributed by atoms with E-state index in [1.807, 2.05) is 36.5 Å². The van der Waals surface area contributed by atoms with Crippen LogP contribution >= 0.6 is 0 Å². The molecule has 0 aliphatic carbocycles. The Kier molecular flexibility index (Phi) is 3.04. The van der Waals surface area contributed by atoms with E-state index in [1.54, 1.807) is 19.5 Å². The lowest BCUT2D eigenvalue weighted by Crippen LogP contribution is -2.01. The first-order valence-corrected chi connectivity index (χ1v) is 7.13. The van der Waals surface area contributed by atoms with E-state index in [2.05, 4.69) is 15.1 Å². The van der Waals surface area contributed by atoms with Gasteiger partial charge in [0.2, 0.25) is 0 Å². The summed E-state index contributed by atoms with van der Waals surface area (Å²) in [6.45, 7) is 0. The summed E-state index contributed by atoms with van der Waals surface area (Å²) in [6.07, 6.45) is 6.18. The Morgan fingerprint density at radius 1 is 1.23 bits per heavy atom. The molecule has 3 heterocycles. The van der Waals surface area contributed by atoms with E-state index >= 15 is 0 Å². The molecule has 0 bridgehead atoms. The molecule has 1 unspecified atom stereocenters. The topological polar surface area (TPSA) is 59.5 Å². The molecular formula is C17H15N3O2. The van der Waals surface area contributed by atoms with Crippen LogP contribution in [0.25, 0.3) is 10.9 Å². The normalized spacial score (nSPS) is 17.3. The molecule has 0 saturated heterocycles. The lowest BCUT2D eigenvalue weighted by atomic mass is 10.0. The van der Waals surface area contributed by atoms with E-state index in [9.17, 15) is 0 Å². The van der Waals surface area contributed by atoms with Crippen molar-refractivity contribution in [1.29, 1.82) is 0 Å². The van der Waals surface area contributed by atoms with E-state index in [0.29, 0.717) is 0 Å². The molecule has 1 aliphatic rings. The molecule has 0 fully saturated rings. The number of methoxy groups -OCH3 is 1. The zero-order valence-corrected chi connectivity index (χ0v) is 12.1. The predicted octanol–water partition coefficient (Wildman–Crippen LogP) is 3.44.